The first-order valence-electron chi connectivity index (χ1n) is 8.02. The van der Waals surface area contributed by atoms with Crippen LogP contribution in [0.15, 0.2) is 17.1 Å². The van der Waals surface area contributed by atoms with Gasteiger partial charge in [0, 0.05) is 25.7 Å². The maximum Gasteiger partial charge on any atom is 0.292 e. The van der Waals surface area contributed by atoms with Crippen molar-refractivity contribution in [3.8, 4) is 29.4 Å². The zero-order chi connectivity index (χ0) is 20.0. The van der Waals surface area contributed by atoms with Gasteiger partial charge in [-0.2, -0.15) is 10.5 Å². The van der Waals surface area contributed by atoms with E-state index in [1.165, 1.54) is 35.5 Å². The Morgan fingerprint density at radius 2 is 1.59 bits per heavy atom. The molecule has 9 heteroatoms. The molecule has 2 N–H and O–H groups in total. The first-order valence-corrected chi connectivity index (χ1v) is 8.02. The van der Waals surface area contributed by atoms with Crippen molar-refractivity contribution >= 4 is 5.84 Å². The van der Waals surface area contributed by atoms with E-state index in [2.05, 4.69) is 17.1 Å². The van der Waals surface area contributed by atoms with E-state index in [-0.39, 0.29) is 5.84 Å². The van der Waals surface area contributed by atoms with Crippen LogP contribution in [0.5, 0.6) is 17.2 Å². The van der Waals surface area contributed by atoms with Gasteiger partial charge in [0.1, 0.15) is 11.3 Å². The van der Waals surface area contributed by atoms with E-state index in [9.17, 15) is 10.5 Å². The third-order valence-electron chi connectivity index (χ3n) is 5.53. The predicted octanol–water partition coefficient (Wildman–Crippen LogP) is 1.15. The fourth-order valence-corrected chi connectivity index (χ4v) is 4.34. The minimum absolute atomic E-state index is 0.0166. The molecular weight excluding hydrogens is 352 g/mol. The van der Waals surface area contributed by atoms with E-state index >= 15 is 0 Å². The Bertz CT molecular complexity index is 898. The molecule has 0 unspecified atom stereocenters. The summed E-state index contributed by atoms with van der Waals surface area (Å²) in [6, 6.07) is 7.77. The second-order valence-corrected chi connectivity index (χ2v) is 6.18. The Hall–Kier alpha value is -3.01. The van der Waals surface area contributed by atoms with Crippen molar-refractivity contribution < 1.29 is 23.7 Å². The quantitative estimate of drug-likeness (QED) is 0.735. The minimum Gasteiger partial charge on any atom is -0.493 e. The molecule has 2 aliphatic rings. The van der Waals surface area contributed by atoms with Crippen molar-refractivity contribution in [2.75, 3.05) is 35.5 Å². The molecule has 1 aromatic rings. The average Bonchev–Trinajstić information content (AvgIpc) is 3.28. The Kier molecular flexibility index (Phi) is 4.18. The van der Waals surface area contributed by atoms with Crippen LogP contribution in [-0.2, 0) is 9.47 Å². The van der Waals surface area contributed by atoms with Crippen LogP contribution in [0.25, 0.3) is 0 Å². The lowest BCUT2D eigenvalue weighted by Gasteiger charge is -2.29. The third-order valence-corrected chi connectivity index (χ3v) is 5.53. The maximum atomic E-state index is 10.1. The van der Waals surface area contributed by atoms with Crippen LogP contribution < -0.4 is 19.9 Å². The molecular formula is C18H20N4O5. The van der Waals surface area contributed by atoms with Crippen LogP contribution in [0, 0.1) is 33.5 Å². The van der Waals surface area contributed by atoms with E-state index in [0.717, 1.165) is 0 Å². The molecule has 0 radical (unpaired) electrons. The summed E-state index contributed by atoms with van der Waals surface area (Å²) in [6.07, 6.45) is 0. The van der Waals surface area contributed by atoms with Crippen molar-refractivity contribution in [1.29, 1.82) is 10.5 Å². The number of benzene rings is 1. The molecule has 27 heavy (non-hydrogen) atoms. The predicted molar refractivity (Wildman–Crippen MR) is 93.3 cm³/mol. The number of nitriles is 2. The third kappa shape index (κ3) is 1.80. The van der Waals surface area contributed by atoms with E-state index < -0.39 is 22.7 Å². The van der Waals surface area contributed by atoms with Gasteiger partial charge >= 0.3 is 0 Å². The largest absolute Gasteiger partial charge is 0.493 e. The summed E-state index contributed by atoms with van der Waals surface area (Å²) in [5.74, 6) is -1.28. The van der Waals surface area contributed by atoms with Crippen LogP contribution in [0.1, 0.15) is 11.5 Å². The zero-order valence-electron chi connectivity index (χ0n) is 15.7. The SMILES string of the molecule is COc1ccc([C@@H]2[C@]3(C#N)C(N)=NC(OC)(OC)[C@]23C#N)c(OC)c1OC. The molecule has 1 aliphatic carbocycles. The highest BCUT2D eigenvalue weighted by Gasteiger charge is 2.94. The Morgan fingerprint density at radius 3 is 2.04 bits per heavy atom. The number of rotatable bonds is 6. The number of nitrogens with zero attached hydrogens (tertiary/aromatic N) is 3. The monoisotopic (exact) mass is 372 g/mol. The second kappa shape index (κ2) is 6.02. The molecule has 0 aromatic heterocycles. The number of amidine groups is 1. The van der Waals surface area contributed by atoms with Crippen molar-refractivity contribution in [3.63, 3.8) is 0 Å². The average molecular weight is 372 g/mol. The van der Waals surface area contributed by atoms with Crippen LogP contribution in [0.4, 0.5) is 0 Å². The highest BCUT2D eigenvalue weighted by molar-refractivity contribution is 6.00. The van der Waals surface area contributed by atoms with Gasteiger partial charge in [-0.3, -0.25) is 0 Å². The molecule has 0 bridgehead atoms. The fourth-order valence-electron chi connectivity index (χ4n) is 4.34. The van der Waals surface area contributed by atoms with E-state index in [4.69, 9.17) is 29.4 Å². The number of nitrogens with two attached hydrogens (primary N) is 1. The maximum absolute atomic E-state index is 10.1. The number of fused-ring (bicyclic) bond motifs is 1. The van der Waals surface area contributed by atoms with Gasteiger partial charge in [-0.05, 0) is 6.07 Å². The minimum atomic E-state index is -1.70. The highest BCUT2D eigenvalue weighted by Crippen LogP contribution is 2.82. The molecule has 0 spiro atoms. The lowest BCUT2D eigenvalue weighted by Crippen LogP contribution is -2.41. The first kappa shape index (κ1) is 18.8. The topological polar surface area (TPSA) is 132 Å². The van der Waals surface area contributed by atoms with Crippen LogP contribution in [0.2, 0.25) is 0 Å². The van der Waals surface area contributed by atoms with E-state index in [0.29, 0.717) is 22.8 Å². The summed E-state index contributed by atoms with van der Waals surface area (Å²) in [5, 5.41) is 20.1. The molecule has 0 saturated heterocycles. The fraction of sp³-hybridized carbons (Fsp3) is 0.500. The Labute approximate surface area is 156 Å². The Morgan fingerprint density at radius 1 is 0.963 bits per heavy atom. The van der Waals surface area contributed by atoms with Gasteiger partial charge in [0.25, 0.3) is 5.91 Å². The lowest BCUT2D eigenvalue weighted by molar-refractivity contribution is -0.230. The van der Waals surface area contributed by atoms with Crippen LogP contribution in [0.3, 0.4) is 0 Å². The summed E-state index contributed by atoms with van der Waals surface area (Å²) in [4.78, 5) is 4.19. The van der Waals surface area contributed by atoms with Crippen molar-refractivity contribution in [1.82, 2.24) is 0 Å². The summed E-state index contributed by atoms with van der Waals surface area (Å²) in [6.45, 7) is 0. The number of methoxy groups -OCH3 is 5. The standard InChI is InChI=1S/C18H20N4O5/c1-23-11-7-6-10(12(24-2)13(11)25-3)14-16(8-19)15(21)22-18(26-4,27-5)17(14,16)9-20/h6-7,14H,1-5H3,(H2,21,22)/t14-,16-,17-/m1/s1. The van der Waals surface area contributed by atoms with Gasteiger partial charge in [-0.15, -0.1) is 0 Å². The van der Waals surface area contributed by atoms with E-state index in [1.54, 1.807) is 12.1 Å². The molecule has 1 saturated carbocycles. The van der Waals surface area contributed by atoms with Gasteiger partial charge in [0.15, 0.2) is 16.9 Å². The molecule has 1 fully saturated rings. The van der Waals surface area contributed by atoms with Crippen molar-refractivity contribution in [2.45, 2.75) is 11.8 Å². The van der Waals surface area contributed by atoms with Crippen LogP contribution >= 0.6 is 0 Å². The molecule has 1 aliphatic heterocycles. The zero-order valence-corrected chi connectivity index (χ0v) is 15.7. The molecule has 1 aromatic carbocycles. The van der Waals surface area contributed by atoms with Gasteiger partial charge in [0.2, 0.25) is 5.75 Å². The molecule has 9 nitrogen and oxygen atoms in total. The van der Waals surface area contributed by atoms with Gasteiger partial charge in [-0.1, -0.05) is 6.07 Å². The van der Waals surface area contributed by atoms with Crippen molar-refractivity contribution in [3.05, 3.63) is 17.7 Å². The Balaban J connectivity index is 2.31. The smallest absolute Gasteiger partial charge is 0.292 e. The molecule has 3 atom stereocenters. The van der Waals surface area contributed by atoms with E-state index in [1.807, 2.05) is 0 Å². The van der Waals surface area contributed by atoms with Gasteiger partial charge in [-0.25, -0.2) is 4.99 Å². The number of hydrogen-bond donors (Lipinski definition) is 1. The first-order chi connectivity index (χ1) is 12.9. The summed E-state index contributed by atoms with van der Waals surface area (Å²) in [5.41, 5.74) is 3.78. The highest BCUT2D eigenvalue weighted by atomic mass is 16.7. The number of ether oxygens (including phenoxy) is 5. The molecule has 0 amide bonds. The van der Waals surface area contributed by atoms with Crippen molar-refractivity contribution in [2.24, 2.45) is 21.6 Å². The summed E-state index contributed by atoms with van der Waals surface area (Å²) >= 11 is 0. The molecule has 142 valence electrons. The normalized spacial score (nSPS) is 29.7. The number of hydrogen-bond acceptors (Lipinski definition) is 9. The molecule has 1 heterocycles. The lowest BCUT2D eigenvalue weighted by atomic mass is 9.93. The number of aliphatic imine (C=N–C) groups is 1. The van der Waals surface area contributed by atoms with Gasteiger partial charge in [0.05, 0.1) is 33.5 Å². The van der Waals surface area contributed by atoms with Crippen LogP contribution in [-0.4, -0.2) is 47.3 Å². The second-order valence-electron chi connectivity index (χ2n) is 6.18. The summed E-state index contributed by atoms with van der Waals surface area (Å²) < 4.78 is 27.2. The van der Waals surface area contributed by atoms with Gasteiger partial charge < -0.3 is 29.4 Å². The summed E-state index contributed by atoms with van der Waals surface area (Å²) in [7, 11) is 7.15. The molecule has 3 rings (SSSR count).